The van der Waals surface area contributed by atoms with Crippen molar-refractivity contribution in [3.8, 4) is 16.9 Å². The second-order valence-electron chi connectivity index (χ2n) is 7.76. The summed E-state index contributed by atoms with van der Waals surface area (Å²) in [6.45, 7) is 4.87. The smallest absolute Gasteiger partial charge is 0.345 e. The number of benzene rings is 3. The van der Waals surface area contributed by atoms with Gasteiger partial charge in [0.05, 0.1) is 10.9 Å². The number of amides is 2. The largest absolute Gasteiger partial charge is 0.426 e. The van der Waals surface area contributed by atoms with Crippen LogP contribution in [0, 0.1) is 13.8 Å². The molecule has 2 N–H and O–H groups in total. The molecule has 7 nitrogen and oxygen atoms in total. The summed E-state index contributed by atoms with van der Waals surface area (Å²) in [5, 5.41) is 6.74. The summed E-state index contributed by atoms with van der Waals surface area (Å²) in [7, 11) is 0. The maximum absolute atomic E-state index is 12.9. The molecular formula is C26H21ClN2O5. The van der Waals surface area contributed by atoms with Gasteiger partial charge in [-0.25, -0.2) is 9.59 Å². The van der Waals surface area contributed by atoms with Gasteiger partial charge in [-0.3, -0.25) is 10.1 Å². The number of carbonyl (C=O) groups excluding carboxylic acids is 2. The van der Waals surface area contributed by atoms with Gasteiger partial charge in [0, 0.05) is 23.0 Å². The van der Waals surface area contributed by atoms with E-state index in [1.165, 1.54) is 6.92 Å². The van der Waals surface area contributed by atoms with E-state index in [1.807, 2.05) is 30.3 Å². The number of rotatable bonds is 4. The van der Waals surface area contributed by atoms with Gasteiger partial charge in [0.25, 0.3) is 0 Å². The van der Waals surface area contributed by atoms with Crippen molar-refractivity contribution >= 4 is 45.9 Å². The maximum Gasteiger partial charge on any atom is 0.345 e. The van der Waals surface area contributed by atoms with E-state index in [4.69, 9.17) is 20.8 Å². The van der Waals surface area contributed by atoms with Crippen LogP contribution in [0.25, 0.3) is 21.9 Å². The first-order chi connectivity index (χ1) is 16.2. The van der Waals surface area contributed by atoms with Gasteiger partial charge in [-0.1, -0.05) is 41.9 Å². The lowest BCUT2D eigenvalue weighted by Gasteiger charge is -2.15. The fraction of sp³-hybridized carbons (Fsp3) is 0.115. The molecule has 0 saturated heterocycles. The molecule has 172 valence electrons. The van der Waals surface area contributed by atoms with Crippen molar-refractivity contribution in [1.29, 1.82) is 0 Å². The molecule has 0 bridgehead atoms. The Kier molecular flexibility index (Phi) is 6.38. The molecule has 1 aromatic heterocycles. The number of aryl methyl sites for hydroxylation is 2. The molecule has 34 heavy (non-hydrogen) atoms. The summed E-state index contributed by atoms with van der Waals surface area (Å²) in [6.07, 6.45) is 0. The van der Waals surface area contributed by atoms with E-state index in [9.17, 15) is 14.4 Å². The molecule has 8 heteroatoms. The summed E-state index contributed by atoms with van der Waals surface area (Å²) in [5.74, 6) is 0.0141. The van der Waals surface area contributed by atoms with Gasteiger partial charge in [0.1, 0.15) is 5.75 Å². The molecule has 4 rings (SSSR count). The van der Waals surface area contributed by atoms with Crippen LogP contribution in [0.4, 0.5) is 16.4 Å². The number of carbonyl (C=O) groups is 2. The number of urea groups is 1. The van der Waals surface area contributed by atoms with Crippen molar-refractivity contribution in [1.82, 2.24) is 0 Å². The summed E-state index contributed by atoms with van der Waals surface area (Å²) in [5.41, 5.74) is 2.52. The minimum atomic E-state index is -0.610. The fourth-order valence-electron chi connectivity index (χ4n) is 3.79. The Balaban J connectivity index is 1.72. The number of halogens is 1. The average molecular weight is 477 g/mol. The monoisotopic (exact) mass is 476 g/mol. The van der Waals surface area contributed by atoms with Crippen LogP contribution in [0.3, 0.4) is 0 Å². The van der Waals surface area contributed by atoms with Crippen LogP contribution < -0.4 is 21.0 Å². The molecule has 0 spiro atoms. The number of fused-ring (bicyclic) bond motifs is 1. The highest BCUT2D eigenvalue weighted by atomic mass is 35.5. The molecule has 0 radical (unpaired) electrons. The summed E-state index contributed by atoms with van der Waals surface area (Å²) in [6, 6.07) is 16.9. The molecule has 0 fully saturated rings. The first-order valence-corrected chi connectivity index (χ1v) is 10.8. The van der Waals surface area contributed by atoms with E-state index >= 15 is 0 Å². The number of nitrogens with one attached hydrogen (secondary N) is 2. The predicted molar refractivity (Wildman–Crippen MR) is 133 cm³/mol. The normalized spacial score (nSPS) is 10.7. The molecule has 4 aromatic rings. The van der Waals surface area contributed by atoms with Crippen LogP contribution in [0.2, 0.25) is 5.02 Å². The minimum Gasteiger partial charge on any atom is -0.426 e. The molecule has 2 amide bonds. The van der Waals surface area contributed by atoms with Gasteiger partial charge in [0.15, 0.2) is 0 Å². The molecule has 0 atom stereocenters. The lowest BCUT2D eigenvalue weighted by atomic mass is 10.0. The Morgan fingerprint density at radius 1 is 0.912 bits per heavy atom. The first kappa shape index (κ1) is 23.1. The third-order valence-electron chi connectivity index (χ3n) is 5.15. The molecule has 0 unspecified atom stereocenters. The van der Waals surface area contributed by atoms with Crippen molar-refractivity contribution in [3.63, 3.8) is 0 Å². The van der Waals surface area contributed by atoms with E-state index in [2.05, 4.69) is 10.6 Å². The van der Waals surface area contributed by atoms with Gasteiger partial charge in [0.2, 0.25) is 5.88 Å². The van der Waals surface area contributed by atoms with E-state index < -0.39 is 17.6 Å². The standard InChI is InChI=1S/C26H21ClN2O5/c1-14-11-19(12-15(2)23(14)33-16(3)30)28-26(32)29-24-22(17-7-5-4-6-8-17)21-13-18(27)9-10-20(21)25(31)34-24/h4-13H,1-3H3,(H2,28,29,32). The Labute approximate surface area is 200 Å². The number of anilines is 2. The van der Waals surface area contributed by atoms with Crippen LogP contribution in [-0.2, 0) is 4.79 Å². The van der Waals surface area contributed by atoms with Crippen LogP contribution in [0.15, 0.2) is 69.9 Å². The Morgan fingerprint density at radius 3 is 2.24 bits per heavy atom. The van der Waals surface area contributed by atoms with Gasteiger partial charge in [-0.15, -0.1) is 0 Å². The highest BCUT2D eigenvalue weighted by molar-refractivity contribution is 6.31. The van der Waals surface area contributed by atoms with E-state index in [1.54, 1.807) is 44.2 Å². The lowest BCUT2D eigenvalue weighted by Crippen LogP contribution is -2.21. The minimum absolute atomic E-state index is 0.00607. The third kappa shape index (κ3) is 4.79. The highest BCUT2D eigenvalue weighted by Crippen LogP contribution is 2.35. The van der Waals surface area contributed by atoms with Crippen LogP contribution in [-0.4, -0.2) is 12.0 Å². The van der Waals surface area contributed by atoms with Crippen molar-refractivity contribution < 1.29 is 18.7 Å². The van der Waals surface area contributed by atoms with Gasteiger partial charge in [-0.2, -0.15) is 0 Å². The second-order valence-corrected chi connectivity index (χ2v) is 8.20. The van der Waals surface area contributed by atoms with Crippen LogP contribution in [0.1, 0.15) is 18.1 Å². The zero-order valence-electron chi connectivity index (χ0n) is 18.7. The first-order valence-electron chi connectivity index (χ1n) is 10.4. The van der Waals surface area contributed by atoms with Crippen molar-refractivity contribution in [2.75, 3.05) is 10.6 Å². The molecule has 0 aliphatic carbocycles. The number of esters is 1. The van der Waals surface area contributed by atoms with Crippen molar-refractivity contribution in [3.05, 3.63) is 87.2 Å². The fourth-order valence-corrected chi connectivity index (χ4v) is 3.97. The summed E-state index contributed by atoms with van der Waals surface area (Å²) >= 11 is 6.21. The molecule has 1 heterocycles. The predicted octanol–water partition coefficient (Wildman–Crippen LogP) is 6.30. The van der Waals surface area contributed by atoms with Gasteiger partial charge < -0.3 is 14.5 Å². The Bertz CT molecular complexity index is 1460. The maximum atomic E-state index is 12.9. The highest BCUT2D eigenvalue weighted by Gasteiger charge is 2.19. The zero-order valence-corrected chi connectivity index (χ0v) is 19.4. The molecular weight excluding hydrogens is 456 g/mol. The Hall–Kier alpha value is -4.10. The van der Waals surface area contributed by atoms with Crippen molar-refractivity contribution in [2.24, 2.45) is 0 Å². The average Bonchev–Trinajstić information content (AvgIpc) is 2.76. The third-order valence-corrected chi connectivity index (χ3v) is 5.38. The summed E-state index contributed by atoms with van der Waals surface area (Å²) in [4.78, 5) is 36.8. The SMILES string of the molecule is CC(=O)Oc1c(C)cc(NC(=O)Nc2oc(=O)c3ccc(Cl)cc3c2-c2ccccc2)cc1C. The number of hydrogen-bond donors (Lipinski definition) is 2. The summed E-state index contributed by atoms with van der Waals surface area (Å²) < 4.78 is 10.7. The lowest BCUT2D eigenvalue weighted by molar-refractivity contribution is -0.131. The quantitative estimate of drug-likeness (QED) is 0.266. The van der Waals surface area contributed by atoms with Crippen molar-refractivity contribution in [2.45, 2.75) is 20.8 Å². The molecule has 0 aliphatic heterocycles. The van der Waals surface area contributed by atoms with E-state index in [0.717, 1.165) is 5.56 Å². The van der Waals surface area contributed by atoms with Crippen LogP contribution in [0.5, 0.6) is 5.75 Å². The van der Waals surface area contributed by atoms with E-state index in [0.29, 0.717) is 43.9 Å². The molecule has 0 aliphatic rings. The molecule has 0 saturated carbocycles. The Morgan fingerprint density at radius 2 is 1.59 bits per heavy atom. The number of hydrogen-bond acceptors (Lipinski definition) is 5. The van der Waals surface area contributed by atoms with Gasteiger partial charge >= 0.3 is 17.6 Å². The topological polar surface area (TPSA) is 97.6 Å². The van der Waals surface area contributed by atoms with E-state index in [-0.39, 0.29) is 5.88 Å². The molecule has 3 aromatic carbocycles. The number of ether oxygens (including phenoxy) is 1. The van der Waals surface area contributed by atoms with Crippen LogP contribution >= 0.6 is 11.6 Å². The van der Waals surface area contributed by atoms with Gasteiger partial charge in [-0.05, 0) is 60.9 Å². The second kappa shape index (κ2) is 9.41. The zero-order chi connectivity index (χ0) is 24.4.